The van der Waals surface area contributed by atoms with Gasteiger partial charge in [-0.25, -0.2) is 4.79 Å². The molecule has 154 valence electrons. The number of nitriles is 1. The minimum atomic E-state index is -0.493. The van der Waals surface area contributed by atoms with E-state index in [0.717, 1.165) is 38.0 Å². The second kappa shape index (κ2) is 7.44. The summed E-state index contributed by atoms with van der Waals surface area (Å²) in [7, 11) is 3.43. The number of anilines is 2. The lowest BCUT2D eigenvalue weighted by molar-refractivity contribution is 0.404. The summed E-state index contributed by atoms with van der Waals surface area (Å²) in [5.74, 6) is 0.817. The number of H-pyrrole nitrogens is 1. The first-order chi connectivity index (χ1) is 14.0. The maximum Gasteiger partial charge on any atom is 0.329 e. The molecule has 0 spiro atoms. The van der Waals surface area contributed by atoms with E-state index in [4.69, 9.17) is 15.7 Å². The summed E-state index contributed by atoms with van der Waals surface area (Å²) < 4.78 is 7.37. The second-order valence-electron chi connectivity index (χ2n) is 7.85. The van der Waals surface area contributed by atoms with E-state index in [1.54, 1.807) is 17.7 Å². The first-order valence-corrected chi connectivity index (χ1v) is 9.94. The van der Waals surface area contributed by atoms with Crippen molar-refractivity contribution in [1.82, 2.24) is 14.9 Å². The third kappa shape index (κ3) is 3.23. The van der Waals surface area contributed by atoms with Crippen LogP contribution in [0, 0.1) is 17.2 Å². The van der Waals surface area contributed by atoms with E-state index < -0.39 is 11.2 Å². The van der Waals surface area contributed by atoms with Crippen molar-refractivity contribution in [3.63, 3.8) is 0 Å². The minimum Gasteiger partial charge on any atom is -0.492 e. The highest BCUT2D eigenvalue weighted by molar-refractivity contribution is 5.99. The number of hydrogen-bond acceptors (Lipinski definition) is 7. The van der Waals surface area contributed by atoms with Crippen LogP contribution in [0.4, 0.5) is 11.4 Å². The van der Waals surface area contributed by atoms with Gasteiger partial charge in [0.1, 0.15) is 5.52 Å². The summed E-state index contributed by atoms with van der Waals surface area (Å²) >= 11 is 0. The van der Waals surface area contributed by atoms with E-state index >= 15 is 0 Å². The molecular weight excluding hydrogens is 372 g/mol. The molecule has 0 amide bonds. The van der Waals surface area contributed by atoms with Crippen LogP contribution < -0.4 is 31.9 Å². The Morgan fingerprint density at radius 3 is 2.79 bits per heavy atom. The fourth-order valence-corrected chi connectivity index (χ4v) is 4.50. The van der Waals surface area contributed by atoms with Gasteiger partial charge in [0, 0.05) is 30.9 Å². The Morgan fingerprint density at radius 1 is 1.41 bits per heavy atom. The summed E-state index contributed by atoms with van der Waals surface area (Å²) in [5, 5.41) is 12.6. The van der Waals surface area contributed by atoms with E-state index in [1.165, 1.54) is 0 Å². The largest absolute Gasteiger partial charge is 0.492 e. The van der Waals surface area contributed by atoms with Crippen LogP contribution in [0.25, 0.3) is 10.9 Å². The first kappa shape index (κ1) is 19.3. The van der Waals surface area contributed by atoms with E-state index in [2.05, 4.69) is 21.3 Å². The zero-order valence-electron chi connectivity index (χ0n) is 16.7. The van der Waals surface area contributed by atoms with E-state index in [1.807, 2.05) is 7.05 Å². The molecule has 1 saturated carbocycles. The summed E-state index contributed by atoms with van der Waals surface area (Å²) in [6.07, 6.45) is 3.15. The van der Waals surface area contributed by atoms with Crippen LogP contribution in [0.1, 0.15) is 31.7 Å². The second-order valence-corrected chi connectivity index (χ2v) is 7.85. The van der Waals surface area contributed by atoms with Crippen LogP contribution in [0.5, 0.6) is 5.75 Å². The van der Waals surface area contributed by atoms with Crippen LogP contribution in [0.15, 0.2) is 15.7 Å². The molecule has 2 fully saturated rings. The quantitative estimate of drug-likeness (QED) is 0.618. The van der Waals surface area contributed by atoms with Crippen molar-refractivity contribution >= 4 is 22.3 Å². The number of aromatic nitrogens is 2. The number of nitrogen functional groups attached to an aromatic ring is 1. The number of fused-ring (bicyclic) bond motifs is 1. The lowest BCUT2D eigenvalue weighted by atomic mass is 9.97. The number of nitrogens with one attached hydrogen (secondary N) is 2. The lowest BCUT2D eigenvalue weighted by Crippen LogP contribution is -2.35. The molecule has 4 N–H and O–H groups in total. The zero-order chi connectivity index (χ0) is 20.7. The highest BCUT2D eigenvalue weighted by Gasteiger charge is 2.33. The van der Waals surface area contributed by atoms with Gasteiger partial charge >= 0.3 is 5.69 Å². The molecule has 9 nitrogen and oxygen atoms in total. The monoisotopic (exact) mass is 398 g/mol. The average Bonchev–Trinajstić information content (AvgIpc) is 3.40. The Balaban J connectivity index is 1.85. The van der Waals surface area contributed by atoms with Crippen LogP contribution in [-0.4, -0.2) is 42.8 Å². The van der Waals surface area contributed by atoms with Gasteiger partial charge in [-0.15, -0.1) is 0 Å². The van der Waals surface area contributed by atoms with Crippen molar-refractivity contribution in [2.24, 2.45) is 5.92 Å². The molecule has 1 aromatic heterocycles. The predicted molar refractivity (Wildman–Crippen MR) is 111 cm³/mol. The lowest BCUT2D eigenvalue weighted by Gasteiger charge is -2.25. The van der Waals surface area contributed by atoms with Gasteiger partial charge in [0.15, 0.2) is 5.75 Å². The van der Waals surface area contributed by atoms with Crippen LogP contribution in [0.3, 0.4) is 0 Å². The highest BCUT2D eigenvalue weighted by atomic mass is 16.5. The molecule has 2 aromatic rings. The topological polar surface area (TPSA) is 129 Å². The highest BCUT2D eigenvalue weighted by Crippen LogP contribution is 2.44. The van der Waals surface area contributed by atoms with Gasteiger partial charge in [-0.1, -0.05) is 0 Å². The molecule has 1 aliphatic heterocycles. The summed E-state index contributed by atoms with van der Waals surface area (Å²) in [6.45, 7) is 1.53. The number of benzene rings is 1. The molecule has 2 atom stereocenters. The summed E-state index contributed by atoms with van der Waals surface area (Å²) in [6, 6.07) is 4.18. The molecule has 1 aromatic carbocycles. The van der Waals surface area contributed by atoms with Crippen molar-refractivity contribution in [2.45, 2.75) is 37.8 Å². The maximum atomic E-state index is 12.6. The summed E-state index contributed by atoms with van der Waals surface area (Å²) in [5.41, 5.74) is 6.95. The number of methoxy groups -OCH3 is 1. The molecule has 4 rings (SSSR count). The fraction of sp³-hybridized carbons (Fsp3) is 0.550. The smallest absolute Gasteiger partial charge is 0.329 e. The third-order valence-electron chi connectivity index (χ3n) is 6.11. The predicted octanol–water partition coefficient (Wildman–Crippen LogP) is 0.943. The molecule has 1 aliphatic carbocycles. The number of nitrogens with two attached hydrogens (primary N) is 1. The molecule has 2 unspecified atom stereocenters. The van der Waals surface area contributed by atoms with Crippen molar-refractivity contribution in [1.29, 1.82) is 5.26 Å². The van der Waals surface area contributed by atoms with Gasteiger partial charge in [-0.3, -0.25) is 14.3 Å². The van der Waals surface area contributed by atoms with Gasteiger partial charge in [0.05, 0.1) is 30.7 Å². The van der Waals surface area contributed by atoms with Gasteiger partial charge in [0.25, 0.3) is 5.56 Å². The first-order valence-electron chi connectivity index (χ1n) is 9.94. The molecule has 0 bridgehead atoms. The van der Waals surface area contributed by atoms with Gasteiger partial charge < -0.3 is 20.7 Å². The molecule has 2 aliphatic rings. The maximum absolute atomic E-state index is 12.6. The average molecular weight is 398 g/mol. The van der Waals surface area contributed by atoms with Gasteiger partial charge in [0.2, 0.25) is 0 Å². The van der Waals surface area contributed by atoms with Crippen LogP contribution in [-0.2, 0) is 0 Å². The number of rotatable bonds is 6. The Hall–Kier alpha value is -2.99. The molecular formula is C20H26N6O3. The van der Waals surface area contributed by atoms with Crippen molar-refractivity contribution < 1.29 is 4.74 Å². The van der Waals surface area contributed by atoms with Gasteiger partial charge in [-0.05, 0) is 38.3 Å². The Morgan fingerprint density at radius 2 is 2.17 bits per heavy atom. The zero-order valence-corrected chi connectivity index (χ0v) is 16.7. The van der Waals surface area contributed by atoms with Crippen molar-refractivity contribution in [3.8, 4) is 11.8 Å². The molecule has 29 heavy (non-hydrogen) atoms. The molecule has 2 heterocycles. The van der Waals surface area contributed by atoms with Gasteiger partial charge in [-0.2, -0.15) is 5.26 Å². The molecule has 1 saturated heterocycles. The Labute approximate surface area is 168 Å². The Bertz CT molecular complexity index is 1090. The fourth-order valence-electron chi connectivity index (χ4n) is 4.50. The molecule has 0 radical (unpaired) electrons. The Kier molecular flexibility index (Phi) is 4.96. The number of hydrogen-bond donors (Lipinski definition) is 3. The third-order valence-corrected chi connectivity index (χ3v) is 6.11. The number of aromatic amines is 1. The number of nitrogens with zero attached hydrogens (tertiary/aromatic N) is 3. The number of ether oxygens (including phenoxy) is 1. The van der Waals surface area contributed by atoms with Crippen molar-refractivity contribution in [3.05, 3.63) is 26.9 Å². The van der Waals surface area contributed by atoms with Crippen LogP contribution >= 0.6 is 0 Å². The standard InChI is InChI=1S/C20H26N6O3/c1-23-14(5-7-21)11-6-8-25(10-11)15-9-13(22)16-17(18(15)29-2)26(12-3-4-12)20(28)24-19(16)27/h9,11-12,14,23H,3-6,8,10,22H2,1-2H3,(H,24,27,28). The van der Waals surface area contributed by atoms with Crippen molar-refractivity contribution in [2.75, 3.05) is 37.9 Å². The SMILES string of the molecule is CNC(CC#N)C1CCN(c2cc(N)c3c(=O)[nH]c(=O)n(C4CC4)c3c2OC)C1. The van der Waals surface area contributed by atoms with Crippen LogP contribution in [0.2, 0.25) is 0 Å². The normalized spacial score (nSPS) is 20.0. The summed E-state index contributed by atoms with van der Waals surface area (Å²) in [4.78, 5) is 29.6. The molecule has 9 heteroatoms. The minimum absolute atomic E-state index is 0.0565. The van der Waals surface area contributed by atoms with E-state index in [-0.39, 0.29) is 12.1 Å². The van der Waals surface area contributed by atoms with E-state index in [9.17, 15) is 9.59 Å². The van der Waals surface area contributed by atoms with E-state index in [0.29, 0.717) is 34.7 Å².